The molecule has 0 saturated heterocycles. The molecule has 6 nitrogen and oxygen atoms in total. The van der Waals surface area contributed by atoms with Crippen LogP contribution in [-0.2, 0) is 0 Å². The maximum atomic E-state index is 5.18. The van der Waals surface area contributed by atoms with Gasteiger partial charge in [-0.25, -0.2) is 15.0 Å². The zero-order chi connectivity index (χ0) is 48.0. The predicted octanol–water partition coefficient (Wildman–Crippen LogP) is 17.0. The number of hydrogen-bond donors (Lipinski definition) is 0. The molecule has 4 heterocycles. The maximum Gasteiger partial charge on any atom is 0.164 e. The van der Waals surface area contributed by atoms with Crippen LogP contribution >= 0.6 is 0 Å². The lowest BCUT2D eigenvalue weighted by molar-refractivity contribution is 1.07. The van der Waals surface area contributed by atoms with Crippen LogP contribution in [0.3, 0.4) is 0 Å². The fourth-order valence-electron chi connectivity index (χ4n) is 11.3. The van der Waals surface area contributed by atoms with Crippen LogP contribution in [0.2, 0.25) is 0 Å². The lowest BCUT2D eigenvalue weighted by Gasteiger charge is -2.16. The molecular weight excluding hydrogens is 889 g/mol. The first-order valence-electron chi connectivity index (χ1n) is 24.8. The highest BCUT2D eigenvalue weighted by Crippen LogP contribution is 2.39. The van der Waals surface area contributed by atoms with Crippen molar-refractivity contribution in [2.45, 2.75) is 0 Å². The summed E-state index contributed by atoms with van der Waals surface area (Å²) in [6.07, 6.45) is 0. The minimum absolute atomic E-state index is 0.621. The van der Waals surface area contributed by atoms with Gasteiger partial charge in [-0.2, -0.15) is 0 Å². The molecule has 0 radical (unpaired) electrons. The standard InChI is InChI=1S/C67H42N6/c1-2-16-43(17-3-1)65-68-66(44-34-36-50(37-35-44)71-59-24-10-4-18-53(59)54-19-5-11-25-60(54)71)70-67(69-65)48-33-32-45-38-47(31-30-46(45)39-48)49-40-51(72-61-26-12-6-20-55(61)56-21-7-13-27-62(56)72)42-52(41-49)73-63-28-14-8-22-57(63)58-23-9-15-29-64(58)73/h1-42H. The first-order chi connectivity index (χ1) is 36.2. The van der Waals surface area contributed by atoms with E-state index < -0.39 is 0 Å². The Morgan fingerprint density at radius 3 is 0.945 bits per heavy atom. The SMILES string of the molecule is c1ccc(-c2nc(-c3ccc(-n4c5ccccc5c5ccccc54)cc3)nc(-c3ccc4cc(-c5cc(-n6c7ccccc7c7ccccc76)cc(-n6c7ccccc7c7ccccc76)c5)ccc4c3)n2)cc1. The Kier molecular flexibility index (Phi) is 9.16. The number of para-hydroxylation sites is 6. The Morgan fingerprint density at radius 1 is 0.205 bits per heavy atom. The van der Waals surface area contributed by atoms with Gasteiger partial charge < -0.3 is 13.7 Å². The summed E-state index contributed by atoms with van der Waals surface area (Å²) < 4.78 is 7.17. The fraction of sp³-hybridized carbons (Fsp3) is 0. The molecule has 0 spiro atoms. The van der Waals surface area contributed by atoms with Crippen molar-refractivity contribution in [1.82, 2.24) is 28.7 Å². The highest BCUT2D eigenvalue weighted by Gasteiger charge is 2.19. The van der Waals surface area contributed by atoms with Crippen LogP contribution in [0, 0.1) is 0 Å². The molecule has 4 aromatic heterocycles. The Hall–Kier alpha value is -9.91. The van der Waals surface area contributed by atoms with Crippen LogP contribution in [0.15, 0.2) is 255 Å². The lowest BCUT2D eigenvalue weighted by atomic mass is 9.98. The second kappa shape index (κ2) is 16.3. The largest absolute Gasteiger partial charge is 0.309 e. The minimum atomic E-state index is 0.621. The summed E-state index contributed by atoms with van der Waals surface area (Å²) in [6, 6.07) is 91.3. The molecule has 0 fully saturated rings. The second-order valence-corrected chi connectivity index (χ2v) is 18.8. The Bertz CT molecular complexity index is 4380. The summed E-state index contributed by atoms with van der Waals surface area (Å²) in [5.74, 6) is 1.87. The molecule has 340 valence electrons. The summed E-state index contributed by atoms with van der Waals surface area (Å²) in [5.41, 5.74) is 15.3. The fourth-order valence-corrected chi connectivity index (χ4v) is 11.3. The molecule has 73 heavy (non-hydrogen) atoms. The molecule has 0 saturated carbocycles. The van der Waals surface area contributed by atoms with Crippen LogP contribution in [0.5, 0.6) is 0 Å². The number of nitrogens with zero attached hydrogens (tertiary/aromatic N) is 6. The molecule has 15 rings (SSSR count). The van der Waals surface area contributed by atoms with Crippen LogP contribution in [0.4, 0.5) is 0 Å². The summed E-state index contributed by atoms with van der Waals surface area (Å²) in [6.45, 7) is 0. The van der Waals surface area contributed by atoms with Gasteiger partial charge in [-0.1, -0.05) is 164 Å². The van der Waals surface area contributed by atoms with Crippen molar-refractivity contribution in [3.8, 4) is 62.4 Å². The third-order valence-corrected chi connectivity index (χ3v) is 14.6. The monoisotopic (exact) mass is 930 g/mol. The number of aromatic nitrogens is 6. The van der Waals surface area contributed by atoms with E-state index >= 15 is 0 Å². The van der Waals surface area contributed by atoms with Gasteiger partial charge >= 0.3 is 0 Å². The molecule has 0 N–H and O–H groups in total. The first-order valence-corrected chi connectivity index (χ1v) is 24.8. The third-order valence-electron chi connectivity index (χ3n) is 14.6. The Labute approximate surface area is 420 Å². The van der Waals surface area contributed by atoms with Gasteiger partial charge in [0.1, 0.15) is 0 Å². The van der Waals surface area contributed by atoms with Gasteiger partial charge in [0.15, 0.2) is 17.5 Å². The lowest BCUT2D eigenvalue weighted by Crippen LogP contribution is -2.01. The molecule has 0 amide bonds. The van der Waals surface area contributed by atoms with Crippen LogP contribution in [0.25, 0.3) is 139 Å². The van der Waals surface area contributed by atoms with Gasteiger partial charge in [-0.15, -0.1) is 0 Å². The molecule has 11 aromatic carbocycles. The van der Waals surface area contributed by atoms with Gasteiger partial charge in [0, 0.05) is 66.1 Å². The first kappa shape index (κ1) is 40.9. The van der Waals surface area contributed by atoms with E-state index in [0.29, 0.717) is 17.5 Å². The molecule has 0 bridgehead atoms. The quantitative estimate of drug-likeness (QED) is 0.160. The number of rotatable bonds is 7. The molecule has 0 atom stereocenters. The molecule has 0 aliphatic heterocycles. The van der Waals surface area contributed by atoms with E-state index in [1.165, 1.54) is 65.4 Å². The van der Waals surface area contributed by atoms with Crippen molar-refractivity contribution in [3.05, 3.63) is 255 Å². The Balaban J connectivity index is 0.854. The van der Waals surface area contributed by atoms with Crippen molar-refractivity contribution in [1.29, 1.82) is 0 Å². The average molecular weight is 931 g/mol. The highest BCUT2D eigenvalue weighted by molar-refractivity contribution is 6.11. The summed E-state index contributed by atoms with van der Waals surface area (Å²) >= 11 is 0. The zero-order valence-corrected chi connectivity index (χ0v) is 39.4. The maximum absolute atomic E-state index is 5.18. The topological polar surface area (TPSA) is 53.5 Å². The van der Waals surface area contributed by atoms with E-state index in [2.05, 4.69) is 250 Å². The number of benzene rings is 11. The summed E-state index contributed by atoms with van der Waals surface area (Å²) in [4.78, 5) is 15.4. The number of hydrogen-bond acceptors (Lipinski definition) is 3. The smallest absolute Gasteiger partial charge is 0.164 e. The molecule has 0 aliphatic carbocycles. The second-order valence-electron chi connectivity index (χ2n) is 18.8. The van der Waals surface area contributed by atoms with E-state index in [1.807, 2.05) is 18.2 Å². The molecular formula is C67H42N6. The minimum Gasteiger partial charge on any atom is -0.309 e. The van der Waals surface area contributed by atoms with Crippen molar-refractivity contribution in [3.63, 3.8) is 0 Å². The van der Waals surface area contributed by atoms with Crippen LogP contribution in [0.1, 0.15) is 0 Å². The summed E-state index contributed by atoms with van der Waals surface area (Å²) in [5, 5.41) is 9.63. The van der Waals surface area contributed by atoms with Crippen molar-refractivity contribution in [2.75, 3.05) is 0 Å². The van der Waals surface area contributed by atoms with Gasteiger partial charge in [0.25, 0.3) is 0 Å². The number of fused-ring (bicyclic) bond motifs is 10. The normalized spacial score (nSPS) is 11.8. The zero-order valence-electron chi connectivity index (χ0n) is 39.4. The molecule has 0 unspecified atom stereocenters. The van der Waals surface area contributed by atoms with E-state index in [1.54, 1.807) is 0 Å². The van der Waals surface area contributed by atoms with Gasteiger partial charge in [-0.3, -0.25) is 0 Å². The van der Waals surface area contributed by atoms with E-state index in [0.717, 1.165) is 55.7 Å². The van der Waals surface area contributed by atoms with Gasteiger partial charge in [0.2, 0.25) is 0 Å². The van der Waals surface area contributed by atoms with Crippen molar-refractivity contribution >= 4 is 76.2 Å². The van der Waals surface area contributed by atoms with Gasteiger partial charge in [-0.05, 0) is 113 Å². The van der Waals surface area contributed by atoms with Gasteiger partial charge in [0.05, 0.1) is 33.1 Å². The highest BCUT2D eigenvalue weighted by atomic mass is 15.0. The molecule has 0 aliphatic rings. The van der Waals surface area contributed by atoms with Crippen LogP contribution in [-0.4, -0.2) is 28.7 Å². The molecule has 15 aromatic rings. The third kappa shape index (κ3) is 6.62. The van der Waals surface area contributed by atoms with Crippen LogP contribution < -0.4 is 0 Å². The van der Waals surface area contributed by atoms with E-state index in [4.69, 9.17) is 15.0 Å². The summed E-state index contributed by atoms with van der Waals surface area (Å²) in [7, 11) is 0. The predicted molar refractivity (Wildman–Crippen MR) is 302 cm³/mol. The van der Waals surface area contributed by atoms with E-state index in [-0.39, 0.29) is 0 Å². The van der Waals surface area contributed by atoms with Crippen molar-refractivity contribution in [2.24, 2.45) is 0 Å². The average Bonchev–Trinajstić information content (AvgIpc) is 4.11. The molecule has 6 heteroatoms. The van der Waals surface area contributed by atoms with E-state index in [9.17, 15) is 0 Å². The van der Waals surface area contributed by atoms with Crippen molar-refractivity contribution < 1.29 is 0 Å². The Morgan fingerprint density at radius 2 is 0.521 bits per heavy atom.